The molecule has 1 N–H and O–H groups in total. The van der Waals surface area contributed by atoms with Gasteiger partial charge in [-0.3, -0.25) is 0 Å². The molecule has 116 valence electrons. The van der Waals surface area contributed by atoms with Gasteiger partial charge in [-0.15, -0.1) is 0 Å². The van der Waals surface area contributed by atoms with E-state index in [9.17, 15) is 8.42 Å². The van der Waals surface area contributed by atoms with Crippen molar-refractivity contribution in [3.63, 3.8) is 0 Å². The summed E-state index contributed by atoms with van der Waals surface area (Å²) in [6.45, 7) is 0. The van der Waals surface area contributed by atoms with Crippen LogP contribution in [-0.2, 0) is 10.0 Å². The highest BCUT2D eigenvalue weighted by Gasteiger charge is 2.11. The summed E-state index contributed by atoms with van der Waals surface area (Å²) in [6.07, 6.45) is 1.30. The van der Waals surface area contributed by atoms with Gasteiger partial charge in [-0.2, -0.15) is 13.5 Å². The number of hydrogen-bond donors (Lipinski definition) is 1. The molecule has 2 aromatic carbocycles. The van der Waals surface area contributed by atoms with Crippen molar-refractivity contribution in [2.45, 2.75) is 4.90 Å². The number of ether oxygens (including phenoxy) is 1. The van der Waals surface area contributed by atoms with E-state index in [1.807, 2.05) is 0 Å². The molecule has 0 saturated heterocycles. The number of methoxy groups -OCH3 is 1. The van der Waals surface area contributed by atoms with E-state index in [4.69, 9.17) is 27.9 Å². The lowest BCUT2D eigenvalue weighted by molar-refractivity contribution is 0.415. The minimum Gasteiger partial charge on any atom is -0.494 e. The first-order chi connectivity index (χ1) is 10.4. The zero-order chi connectivity index (χ0) is 16.2. The standard InChI is InChI=1S/C14H12Cl2N2O3S/c1-21-14-12(15)7-10(8-13(14)16)9-17-18-22(19,20)11-5-3-2-4-6-11/h2-9,18H,1H3/b17-9+. The molecule has 0 aliphatic heterocycles. The molecule has 0 radical (unpaired) electrons. The Labute approximate surface area is 138 Å². The summed E-state index contributed by atoms with van der Waals surface area (Å²) in [5.74, 6) is 0.352. The molecule has 0 atom stereocenters. The van der Waals surface area contributed by atoms with E-state index in [0.717, 1.165) is 0 Å². The second-order valence-electron chi connectivity index (χ2n) is 4.18. The minimum absolute atomic E-state index is 0.123. The quantitative estimate of drug-likeness (QED) is 0.658. The van der Waals surface area contributed by atoms with Crippen LogP contribution in [0.4, 0.5) is 0 Å². The van der Waals surface area contributed by atoms with E-state index < -0.39 is 10.0 Å². The van der Waals surface area contributed by atoms with Crippen LogP contribution in [0.1, 0.15) is 5.56 Å². The number of rotatable bonds is 5. The molecule has 2 aromatic rings. The Kier molecular flexibility index (Phi) is 5.28. The SMILES string of the molecule is COc1c(Cl)cc(/C=N/NS(=O)(=O)c2ccccc2)cc1Cl. The van der Waals surface area contributed by atoms with Crippen LogP contribution in [0.5, 0.6) is 5.75 Å². The first-order valence-corrected chi connectivity index (χ1v) is 8.31. The monoisotopic (exact) mass is 358 g/mol. The van der Waals surface area contributed by atoms with Gasteiger partial charge in [-0.1, -0.05) is 41.4 Å². The first-order valence-electron chi connectivity index (χ1n) is 6.07. The fraction of sp³-hybridized carbons (Fsp3) is 0.0714. The van der Waals surface area contributed by atoms with Crippen LogP contribution in [0, 0.1) is 0 Å². The van der Waals surface area contributed by atoms with Gasteiger partial charge in [0, 0.05) is 0 Å². The Balaban J connectivity index is 2.17. The fourth-order valence-corrected chi connectivity index (χ4v) is 3.14. The van der Waals surface area contributed by atoms with E-state index in [2.05, 4.69) is 9.93 Å². The molecular formula is C14H12Cl2N2O3S. The number of benzene rings is 2. The van der Waals surface area contributed by atoms with Crippen molar-refractivity contribution < 1.29 is 13.2 Å². The number of nitrogens with one attached hydrogen (secondary N) is 1. The first kappa shape index (κ1) is 16.6. The summed E-state index contributed by atoms with van der Waals surface area (Å²) in [4.78, 5) is 2.24. The summed E-state index contributed by atoms with van der Waals surface area (Å²) in [5, 5.41) is 4.32. The molecule has 5 nitrogen and oxygen atoms in total. The summed E-state index contributed by atoms with van der Waals surface area (Å²) in [7, 11) is -2.25. The number of nitrogens with zero attached hydrogens (tertiary/aromatic N) is 1. The molecule has 22 heavy (non-hydrogen) atoms. The van der Waals surface area contributed by atoms with Gasteiger partial charge in [0.25, 0.3) is 10.0 Å². The lowest BCUT2D eigenvalue weighted by Gasteiger charge is -2.06. The van der Waals surface area contributed by atoms with Crippen molar-refractivity contribution in [3.8, 4) is 5.75 Å². The van der Waals surface area contributed by atoms with Crippen molar-refractivity contribution in [2.75, 3.05) is 7.11 Å². The van der Waals surface area contributed by atoms with Crippen molar-refractivity contribution in [3.05, 3.63) is 58.1 Å². The summed E-state index contributed by atoms with van der Waals surface area (Å²) >= 11 is 12.0. The smallest absolute Gasteiger partial charge is 0.276 e. The van der Waals surface area contributed by atoms with Crippen LogP contribution in [0.3, 0.4) is 0 Å². The van der Waals surface area contributed by atoms with Crippen LogP contribution < -0.4 is 9.57 Å². The molecule has 8 heteroatoms. The average molecular weight is 359 g/mol. The Hall–Kier alpha value is -1.76. The van der Waals surface area contributed by atoms with Crippen molar-refractivity contribution in [2.24, 2.45) is 5.10 Å². The predicted octanol–water partition coefficient (Wildman–Crippen LogP) is 3.31. The normalized spacial score (nSPS) is 11.6. The van der Waals surface area contributed by atoms with Crippen LogP contribution in [0.2, 0.25) is 10.0 Å². The van der Waals surface area contributed by atoms with E-state index in [0.29, 0.717) is 21.4 Å². The van der Waals surface area contributed by atoms with Crippen LogP contribution in [0.15, 0.2) is 52.5 Å². The second kappa shape index (κ2) is 7.00. The Bertz CT molecular complexity index is 770. The van der Waals surface area contributed by atoms with Gasteiger partial charge in [-0.25, -0.2) is 4.83 Å². The second-order valence-corrected chi connectivity index (χ2v) is 6.66. The van der Waals surface area contributed by atoms with Gasteiger partial charge in [-0.05, 0) is 29.8 Å². The zero-order valence-electron chi connectivity index (χ0n) is 11.5. The highest BCUT2D eigenvalue weighted by atomic mass is 35.5. The lowest BCUT2D eigenvalue weighted by atomic mass is 10.2. The molecule has 0 fully saturated rings. The molecule has 0 heterocycles. The zero-order valence-corrected chi connectivity index (χ0v) is 13.8. The molecule has 0 amide bonds. The summed E-state index contributed by atoms with van der Waals surface area (Å²) < 4.78 is 28.9. The van der Waals surface area contributed by atoms with Gasteiger partial charge in [0.2, 0.25) is 0 Å². The largest absolute Gasteiger partial charge is 0.494 e. The molecule has 2 rings (SSSR count). The maximum atomic E-state index is 12.0. The fourth-order valence-electron chi connectivity index (χ4n) is 1.67. The molecule has 0 aromatic heterocycles. The highest BCUT2D eigenvalue weighted by Crippen LogP contribution is 2.33. The number of halogens is 2. The topological polar surface area (TPSA) is 67.8 Å². The Morgan fingerprint density at radius 1 is 1.14 bits per heavy atom. The molecule has 0 aliphatic carbocycles. The number of hydrogen-bond acceptors (Lipinski definition) is 4. The Morgan fingerprint density at radius 3 is 2.27 bits per heavy atom. The van der Waals surface area contributed by atoms with Gasteiger partial charge in [0.1, 0.15) is 0 Å². The van der Waals surface area contributed by atoms with Crippen molar-refractivity contribution in [1.82, 2.24) is 4.83 Å². The van der Waals surface area contributed by atoms with E-state index in [1.54, 1.807) is 30.3 Å². The van der Waals surface area contributed by atoms with Gasteiger partial charge < -0.3 is 4.74 Å². The molecular weight excluding hydrogens is 347 g/mol. The van der Waals surface area contributed by atoms with Crippen LogP contribution in [-0.4, -0.2) is 21.7 Å². The third kappa shape index (κ3) is 3.91. The van der Waals surface area contributed by atoms with Gasteiger partial charge in [0.15, 0.2) is 5.75 Å². The summed E-state index contributed by atoms with van der Waals surface area (Å²) in [5.41, 5.74) is 0.534. The molecule has 0 aliphatic rings. The molecule has 0 bridgehead atoms. The van der Waals surface area contributed by atoms with Crippen molar-refractivity contribution >= 4 is 39.4 Å². The van der Waals surface area contributed by atoms with E-state index in [-0.39, 0.29) is 4.90 Å². The maximum Gasteiger partial charge on any atom is 0.276 e. The third-order valence-corrected chi connectivity index (χ3v) is 4.46. The van der Waals surface area contributed by atoms with Gasteiger partial charge >= 0.3 is 0 Å². The number of sulfonamides is 1. The van der Waals surface area contributed by atoms with Crippen LogP contribution in [0.25, 0.3) is 0 Å². The Morgan fingerprint density at radius 2 is 1.73 bits per heavy atom. The minimum atomic E-state index is -3.70. The maximum absolute atomic E-state index is 12.0. The summed E-state index contributed by atoms with van der Waals surface area (Å²) in [6, 6.07) is 11.0. The predicted molar refractivity (Wildman–Crippen MR) is 87.4 cm³/mol. The average Bonchev–Trinajstić information content (AvgIpc) is 2.48. The van der Waals surface area contributed by atoms with Crippen LogP contribution >= 0.6 is 23.2 Å². The van der Waals surface area contributed by atoms with E-state index >= 15 is 0 Å². The van der Waals surface area contributed by atoms with Gasteiger partial charge in [0.05, 0.1) is 28.3 Å². The highest BCUT2D eigenvalue weighted by molar-refractivity contribution is 7.89. The molecule has 0 unspecified atom stereocenters. The lowest BCUT2D eigenvalue weighted by Crippen LogP contribution is -2.18. The molecule has 0 spiro atoms. The number of hydrazone groups is 1. The van der Waals surface area contributed by atoms with E-state index in [1.165, 1.54) is 25.5 Å². The third-order valence-electron chi connectivity index (χ3n) is 2.66. The molecule has 0 saturated carbocycles. The van der Waals surface area contributed by atoms with Crippen molar-refractivity contribution in [1.29, 1.82) is 0 Å².